The number of aromatic nitrogens is 1. The number of nitrogens with zero attached hydrogens (tertiary/aromatic N) is 3. The van der Waals surface area contributed by atoms with Crippen molar-refractivity contribution < 1.29 is 9.21 Å². The summed E-state index contributed by atoms with van der Waals surface area (Å²) in [6.45, 7) is 7.59. The molecule has 1 aromatic heterocycles. The number of anilines is 1. The Kier molecular flexibility index (Phi) is 4.34. The lowest BCUT2D eigenvalue weighted by Gasteiger charge is -2.34. The molecule has 1 fully saturated rings. The van der Waals surface area contributed by atoms with Gasteiger partial charge in [-0.2, -0.15) is 0 Å². The fraction of sp³-hybridized carbons (Fsp3) is 0.412. The van der Waals surface area contributed by atoms with Crippen molar-refractivity contribution in [1.29, 1.82) is 0 Å². The molecule has 2 heterocycles. The van der Waals surface area contributed by atoms with E-state index in [1.807, 2.05) is 30.9 Å². The number of carbonyl (C=O) groups excluding carboxylic acids is 1. The topological polar surface area (TPSA) is 75.6 Å². The van der Waals surface area contributed by atoms with Gasteiger partial charge in [-0.1, -0.05) is 6.07 Å². The molecule has 6 heteroatoms. The zero-order valence-corrected chi connectivity index (χ0v) is 13.6. The van der Waals surface area contributed by atoms with Crippen LogP contribution in [0.1, 0.15) is 27.7 Å². The molecule has 23 heavy (non-hydrogen) atoms. The van der Waals surface area contributed by atoms with E-state index in [9.17, 15) is 4.79 Å². The number of aryl methyl sites for hydroxylation is 2. The number of nitrogens with two attached hydrogens (primary N) is 1. The molecule has 2 aromatic rings. The number of hydrogen-bond acceptors (Lipinski definition) is 5. The maximum absolute atomic E-state index is 12.5. The standard InChI is InChI=1S/C17H22N4O2/c1-12-13(2)23-16(19-12)11-20-6-8-21(9-7-20)17(22)14-4-3-5-15(18)10-14/h3-5,10H,6-9,11,18H2,1-2H3. The molecule has 1 aliphatic rings. The largest absolute Gasteiger partial charge is 0.444 e. The first-order chi connectivity index (χ1) is 11.0. The Morgan fingerprint density at radius 1 is 1.26 bits per heavy atom. The smallest absolute Gasteiger partial charge is 0.254 e. The van der Waals surface area contributed by atoms with E-state index < -0.39 is 0 Å². The molecular formula is C17H22N4O2. The second-order valence-electron chi connectivity index (χ2n) is 5.94. The van der Waals surface area contributed by atoms with Crippen molar-refractivity contribution in [2.75, 3.05) is 31.9 Å². The predicted molar refractivity (Wildman–Crippen MR) is 88.0 cm³/mol. The highest BCUT2D eigenvalue weighted by Gasteiger charge is 2.23. The Balaban J connectivity index is 1.56. The molecule has 1 aromatic carbocycles. The van der Waals surface area contributed by atoms with E-state index in [0.717, 1.165) is 30.4 Å². The molecule has 1 amide bonds. The Labute approximate surface area is 135 Å². The predicted octanol–water partition coefficient (Wildman–Crippen LogP) is 1.83. The summed E-state index contributed by atoms with van der Waals surface area (Å²) in [5, 5.41) is 0. The summed E-state index contributed by atoms with van der Waals surface area (Å²) in [6.07, 6.45) is 0. The zero-order valence-electron chi connectivity index (χ0n) is 13.6. The van der Waals surface area contributed by atoms with E-state index in [0.29, 0.717) is 30.9 Å². The summed E-state index contributed by atoms with van der Waals surface area (Å²) in [6, 6.07) is 7.14. The molecule has 3 rings (SSSR count). The maximum Gasteiger partial charge on any atom is 0.254 e. The van der Waals surface area contributed by atoms with Gasteiger partial charge < -0.3 is 15.1 Å². The monoisotopic (exact) mass is 314 g/mol. The second kappa shape index (κ2) is 6.42. The zero-order chi connectivity index (χ0) is 16.4. The Hall–Kier alpha value is -2.34. The Morgan fingerprint density at radius 3 is 2.61 bits per heavy atom. The lowest BCUT2D eigenvalue weighted by molar-refractivity contribution is 0.0618. The van der Waals surface area contributed by atoms with E-state index in [1.54, 1.807) is 12.1 Å². The van der Waals surface area contributed by atoms with Gasteiger partial charge in [0.25, 0.3) is 5.91 Å². The minimum absolute atomic E-state index is 0.0414. The quantitative estimate of drug-likeness (QED) is 0.875. The summed E-state index contributed by atoms with van der Waals surface area (Å²) in [5.74, 6) is 1.66. The Bertz CT molecular complexity index is 683. The van der Waals surface area contributed by atoms with Crippen molar-refractivity contribution >= 4 is 11.6 Å². The van der Waals surface area contributed by atoms with Gasteiger partial charge in [0.15, 0.2) is 0 Å². The van der Waals surface area contributed by atoms with Crippen LogP contribution >= 0.6 is 0 Å². The number of rotatable bonds is 3. The van der Waals surface area contributed by atoms with Crippen molar-refractivity contribution in [2.45, 2.75) is 20.4 Å². The van der Waals surface area contributed by atoms with Crippen molar-refractivity contribution in [1.82, 2.24) is 14.8 Å². The lowest BCUT2D eigenvalue weighted by Crippen LogP contribution is -2.48. The van der Waals surface area contributed by atoms with Crippen molar-refractivity contribution in [2.24, 2.45) is 0 Å². The van der Waals surface area contributed by atoms with E-state index in [-0.39, 0.29) is 5.91 Å². The number of piperazine rings is 1. The molecule has 0 atom stereocenters. The summed E-state index contributed by atoms with van der Waals surface area (Å²) < 4.78 is 5.63. The molecule has 1 saturated heterocycles. The number of amides is 1. The number of oxazole rings is 1. The average Bonchev–Trinajstić information content (AvgIpc) is 2.85. The molecule has 0 spiro atoms. The molecule has 122 valence electrons. The van der Waals surface area contributed by atoms with Crippen molar-refractivity contribution in [3.63, 3.8) is 0 Å². The first-order valence-electron chi connectivity index (χ1n) is 7.83. The normalized spacial score (nSPS) is 15.8. The first kappa shape index (κ1) is 15.6. The van der Waals surface area contributed by atoms with Crippen LogP contribution < -0.4 is 5.73 Å². The summed E-state index contributed by atoms with van der Waals surface area (Å²) in [5.41, 5.74) is 7.96. The first-order valence-corrected chi connectivity index (χ1v) is 7.83. The summed E-state index contributed by atoms with van der Waals surface area (Å²) in [4.78, 5) is 21.0. The average molecular weight is 314 g/mol. The van der Waals surface area contributed by atoms with Crippen LogP contribution in [0.4, 0.5) is 5.69 Å². The number of hydrogen-bond donors (Lipinski definition) is 1. The van der Waals surface area contributed by atoms with E-state index in [2.05, 4.69) is 9.88 Å². The van der Waals surface area contributed by atoms with Gasteiger partial charge in [0.1, 0.15) is 5.76 Å². The van der Waals surface area contributed by atoms with Gasteiger partial charge in [-0.15, -0.1) is 0 Å². The van der Waals surface area contributed by atoms with Gasteiger partial charge in [-0.3, -0.25) is 9.69 Å². The molecule has 6 nitrogen and oxygen atoms in total. The lowest BCUT2D eigenvalue weighted by atomic mass is 10.1. The third-order valence-corrected chi connectivity index (χ3v) is 4.22. The molecular weight excluding hydrogens is 292 g/mol. The maximum atomic E-state index is 12.5. The highest BCUT2D eigenvalue weighted by molar-refractivity contribution is 5.95. The molecule has 0 saturated carbocycles. The van der Waals surface area contributed by atoms with Gasteiger partial charge >= 0.3 is 0 Å². The fourth-order valence-corrected chi connectivity index (χ4v) is 2.76. The third-order valence-electron chi connectivity index (χ3n) is 4.22. The molecule has 2 N–H and O–H groups in total. The van der Waals surface area contributed by atoms with E-state index >= 15 is 0 Å². The van der Waals surface area contributed by atoms with Crippen LogP contribution in [0.2, 0.25) is 0 Å². The van der Waals surface area contributed by atoms with Gasteiger partial charge in [-0.05, 0) is 32.0 Å². The highest BCUT2D eigenvalue weighted by Crippen LogP contribution is 2.15. The molecule has 0 radical (unpaired) electrons. The minimum atomic E-state index is 0.0414. The van der Waals surface area contributed by atoms with Gasteiger partial charge in [0.05, 0.1) is 12.2 Å². The van der Waals surface area contributed by atoms with Crippen LogP contribution in [-0.2, 0) is 6.54 Å². The van der Waals surface area contributed by atoms with Crippen molar-refractivity contribution in [3.05, 3.63) is 47.2 Å². The number of benzene rings is 1. The van der Waals surface area contributed by atoms with Crippen LogP contribution in [0.3, 0.4) is 0 Å². The second-order valence-corrected chi connectivity index (χ2v) is 5.94. The van der Waals surface area contributed by atoms with Crippen molar-refractivity contribution in [3.8, 4) is 0 Å². The SMILES string of the molecule is Cc1nc(CN2CCN(C(=O)c3cccc(N)c3)CC2)oc1C. The third kappa shape index (κ3) is 3.53. The Morgan fingerprint density at radius 2 is 2.00 bits per heavy atom. The van der Waals surface area contributed by atoms with Crippen LogP contribution in [0.15, 0.2) is 28.7 Å². The molecule has 1 aliphatic heterocycles. The highest BCUT2D eigenvalue weighted by atomic mass is 16.4. The fourth-order valence-electron chi connectivity index (χ4n) is 2.76. The summed E-state index contributed by atoms with van der Waals surface area (Å²) >= 11 is 0. The number of nitrogen functional groups attached to an aromatic ring is 1. The minimum Gasteiger partial charge on any atom is -0.444 e. The van der Waals surface area contributed by atoms with Gasteiger partial charge in [0, 0.05) is 37.4 Å². The van der Waals surface area contributed by atoms with Crippen LogP contribution in [0, 0.1) is 13.8 Å². The van der Waals surface area contributed by atoms with E-state index in [1.165, 1.54) is 0 Å². The molecule has 0 bridgehead atoms. The number of carbonyl (C=O) groups is 1. The van der Waals surface area contributed by atoms with Gasteiger partial charge in [-0.25, -0.2) is 4.98 Å². The van der Waals surface area contributed by atoms with Crippen LogP contribution in [0.5, 0.6) is 0 Å². The van der Waals surface area contributed by atoms with Crippen LogP contribution in [-0.4, -0.2) is 46.9 Å². The van der Waals surface area contributed by atoms with Gasteiger partial charge in [0.2, 0.25) is 5.89 Å². The summed E-state index contributed by atoms with van der Waals surface area (Å²) in [7, 11) is 0. The molecule has 0 aliphatic carbocycles. The van der Waals surface area contributed by atoms with E-state index in [4.69, 9.17) is 10.2 Å². The van der Waals surface area contributed by atoms with Crippen LogP contribution in [0.25, 0.3) is 0 Å². The molecule has 0 unspecified atom stereocenters.